The lowest BCUT2D eigenvalue weighted by molar-refractivity contribution is 0.263. The van der Waals surface area contributed by atoms with Crippen LogP contribution in [0.2, 0.25) is 0 Å². The molecule has 0 aliphatic heterocycles. The molecular formula is C22H23N3O5S. The lowest BCUT2D eigenvalue weighted by atomic mass is 10.3. The third-order valence-corrected chi connectivity index (χ3v) is 5.99. The van der Waals surface area contributed by atoms with E-state index in [2.05, 4.69) is 23.3 Å². The van der Waals surface area contributed by atoms with Crippen molar-refractivity contribution in [2.75, 3.05) is 19.6 Å². The molecule has 31 heavy (non-hydrogen) atoms. The number of imidazole rings is 1. The maximum atomic E-state index is 13.1. The minimum atomic E-state index is -0.821. The van der Waals surface area contributed by atoms with Crippen molar-refractivity contribution in [3.05, 3.63) is 84.0 Å². The van der Waals surface area contributed by atoms with Crippen LogP contribution in [-0.2, 0) is 13.0 Å². The molecule has 0 spiro atoms. The van der Waals surface area contributed by atoms with Crippen LogP contribution in [0, 0.1) is 0 Å². The molecule has 0 radical (unpaired) electrons. The van der Waals surface area contributed by atoms with Gasteiger partial charge in [0.05, 0.1) is 5.52 Å². The number of hydrogen-bond acceptors (Lipinski definition) is 7. The second-order valence-electron chi connectivity index (χ2n) is 7.19. The Morgan fingerprint density at radius 1 is 0.968 bits per heavy atom. The van der Waals surface area contributed by atoms with Gasteiger partial charge in [0.2, 0.25) is 0 Å². The number of para-hydroxylation sites is 1. The Bertz CT molecular complexity index is 1380. The molecule has 0 aliphatic carbocycles. The van der Waals surface area contributed by atoms with Crippen molar-refractivity contribution in [1.82, 2.24) is 14.0 Å². The van der Waals surface area contributed by atoms with E-state index in [1.165, 1.54) is 4.88 Å². The maximum Gasteiger partial charge on any atom is 0.362 e. The fraction of sp³-hybridized carbons (Fsp3) is 0.318. The minimum Gasteiger partial charge on any atom is -0.421 e. The van der Waals surface area contributed by atoms with Crippen molar-refractivity contribution in [2.45, 2.75) is 26.3 Å². The van der Waals surface area contributed by atoms with Crippen LogP contribution in [0.5, 0.6) is 0 Å². The monoisotopic (exact) mass is 441 g/mol. The highest BCUT2D eigenvalue weighted by atomic mass is 32.1. The van der Waals surface area contributed by atoms with Gasteiger partial charge in [0, 0.05) is 36.6 Å². The Labute approximate surface area is 181 Å². The van der Waals surface area contributed by atoms with E-state index in [9.17, 15) is 14.4 Å². The SMILES string of the molecule is CCCN(CCc1cccs1)CCn1c(=O)n2oc(=O)ccc(=O)oc3cccc1c32. The van der Waals surface area contributed by atoms with Crippen molar-refractivity contribution in [3.63, 3.8) is 0 Å². The highest BCUT2D eigenvalue weighted by molar-refractivity contribution is 7.09. The van der Waals surface area contributed by atoms with Crippen molar-refractivity contribution >= 4 is 28.0 Å². The first-order valence-corrected chi connectivity index (χ1v) is 11.1. The van der Waals surface area contributed by atoms with Gasteiger partial charge in [0.15, 0.2) is 11.1 Å². The Morgan fingerprint density at radius 3 is 2.58 bits per heavy atom. The molecule has 0 saturated carbocycles. The van der Waals surface area contributed by atoms with Crippen LogP contribution in [0.1, 0.15) is 18.2 Å². The highest BCUT2D eigenvalue weighted by Crippen LogP contribution is 2.17. The standard InChI is InChI=1S/C22H23N3O5S/c1-2-11-23(12-10-16-5-4-15-31-16)13-14-24-17-6-3-7-18-21(17)25(22(24)28)30-20(27)9-8-19(26)29-18/h3-9,15H,2,10-14H2,1H3. The van der Waals surface area contributed by atoms with Crippen LogP contribution < -0.4 is 16.9 Å². The molecule has 3 heterocycles. The molecule has 9 heteroatoms. The Hall–Kier alpha value is -3.17. The number of thiophene rings is 1. The van der Waals surface area contributed by atoms with Gasteiger partial charge in [-0.25, -0.2) is 14.4 Å². The summed E-state index contributed by atoms with van der Waals surface area (Å²) < 4.78 is 13.0. The lowest BCUT2D eigenvalue weighted by Crippen LogP contribution is -2.33. The fourth-order valence-electron chi connectivity index (χ4n) is 3.64. The van der Waals surface area contributed by atoms with Gasteiger partial charge in [-0.1, -0.05) is 19.1 Å². The van der Waals surface area contributed by atoms with Crippen LogP contribution in [0.3, 0.4) is 0 Å². The molecular weight excluding hydrogens is 418 g/mol. The molecule has 0 fully saturated rings. The van der Waals surface area contributed by atoms with Gasteiger partial charge in [-0.15, -0.1) is 15.9 Å². The highest BCUT2D eigenvalue weighted by Gasteiger charge is 2.16. The van der Waals surface area contributed by atoms with Gasteiger partial charge in [0.1, 0.15) is 0 Å². The normalized spacial score (nSPS) is 11.5. The number of nitrogens with zero attached hydrogens (tertiary/aromatic N) is 3. The molecule has 0 atom stereocenters. The Balaban J connectivity index is 1.71. The molecule has 162 valence electrons. The number of benzene rings is 1. The van der Waals surface area contributed by atoms with E-state index in [1.807, 2.05) is 6.07 Å². The van der Waals surface area contributed by atoms with E-state index in [-0.39, 0.29) is 11.1 Å². The summed E-state index contributed by atoms with van der Waals surface area (Å²) in [6.07, 6.45) is 1.96. The zero-order valence-corrected chi connectivity index (χ0v) is 18.0. The van der Waals surface area contributed by atoms with E-state index in [0.29, 0.717) is 18.6 Å². The zero-order chi connectivity index (χ0) is 21.8. The van der Waals surface area contributed by atoms with Gasteiger partial charge >= 0.3 is 16.9 Å². The smallest absolute Gasteiger partial charge is 0.362 e. The quantitative estimate of drug-likeness (QED) is 0.418. The molecule has 4 aromatic rings. The summed E-state index contributed by atoms with van der Waals surface area (Å²) in [6.45, 7) is 5.02. The third kappa shape index (κ3) is 4.62. The second-order valence-corrected chi connectivity index (χ2v) is 8.22. The van der Waals surface area contributed by atoms with E-state index < -0.39 is 16.9 Å². The van der Waals surface area contributed by atoms with Gasteiger partial charge in [0.25, 0.3) is 0 Å². The van der Waals surface area contributed by atoms with Crippen molar-refractivity contribution in [3.8, 4) is 0 Å². The van der Waals surface area contributed by atoms with Gasteiger partial charge in [-0.2, -0.15) is 0 Å². The average Bonchev–Trinajstić information content (AvgIpc) is 3.37. The molecule has 0 saturated heterocycles. The van der Waals surface area contributed by atoms with E-state index >= 15 is 0 Å². The number of hydrogen-bond donors (Lipinski definition) is 0. The van der Waals surface area contributed by atoms with E-state index in [4.69, 9.17) is 8.94 Å². The summed E-state index contributed by atoms with van der Waals surface area (Å²) in [6, 6.07) is 11.1. The van der Waals surface area contributed by atoms with E-state index in [1.54, 1.807) is 34.1 Å². The predicted molar refractivity (Wildman–Crippen MR) is 120 cm³/mol. The largest absolute Gasteiger partial charge is 0.421 e. The van der Waals surface area contributed by atoms with E-state index in [0.717, 1.165) is 42.6 Å². The molecule has 3 aromatic heterocycles. The molecule has 0 amide bonds. The minimum absolute atomic E-state index is 0.167. The van der Waals surface area contributed by atoms with Crippen LogP contribution in [0.15, 0.2) is 71.2 Å². The van der Waals surface area contributed by atoms with Crippen LogP contribution >= 0.6 is 11.3 Å². The van der Waals surface area contributed by atoms with Gasteiger partial charge in [-0.3, -0.25) is 4.57 Å². The fourth-order valence-corrected chi connectivity index (χ4v) is 4.34. The Kier molecular flexibility index (Phi) is 6.34. The van der Waals surface area contributed by atoms with Crippen molar-refractivity contribution < 1.29 is 8.94 Å². The summed E-state index contributed by atoms with van der Waals surface area (Å²) in [5.74, 6) is 0. The summed E-state index contributed by atoms with van der Waals surface area (Å²) in [4.78, 5) is 40.7. The molecule has 4 rings (SSSR count). The maximum absolute atomic E-state index is 13.1. The first kappa shape index (κ1) is 21.1. The van der Waals surface area contributed by atoms with Crippen LogP contribution in [-0.4, -0.2) is 33.7 Å². The third-order valence-electron chi connectivity index (χ3n) is 5.06. The second kappa shape index (κ2) is 9.32. The van der Waals surface area contributed by atoms with Crippen LogP contribution in [0.4, 0.5) is 0 Å². The molecule has 8 nitrogen and oxygen atoms in total. The Morgan fingerprint density at radius 2 is 1.81 bits per heavy atom. The first-order chi connectivity index (χ1) is 15.1. The number of rotatable bonds is 8. The first-order valence-electron chi connectivity index (χ1n) is 10.2. The van der Waals surface area contributed by atoms with Crippen molar-refractivity contribution in [1.29, 1.82) is 0 Å². The molecule has 0 N–H and O–H groups in total. The van der Waals surface area contributed by atoms with Crippen LogP contribution in [0.25, 0.3) is 16.6 Å². The summed E-state index contributed by atoms with van der Waals surface area (Å²) in [7, 11) is 0. The zero-order valence-electron chi connectivity index (χ0n) is 17.2. The summed E-state index contributed by atoms with van der Waals surface area (Å²) in [5, 5.41) is 2.07. The molecule has 0 bridgehead atoms. The predicted octanol–water partition coefficient (Wildman–Crippen LogP) is 2.74. The molecule has 0 unspecified atom stereocenters. The van der Waals surface area contributed by atoms with Gasteiger partial charge in [-0.05, 0) is 43.0 Å². The molecule has 0 aliphatic rings. The van der Waals surface area contributed by atoms with Crippen molar-refractivity contribution in [2.24, 2.45) is 0 Å². The molecule has 1 aromatic carbocycles. The average molecular weight is 442 g/mol. The number of aromatic nitrogens is 2. The topological polar surface area (TPSA) is 90.1 Å². The summed E-state index contributed by atoms with van der Waals surface area (Å²) >= 11 is 1.74. The lowest BCUT2D eigenvalue weighted by Gasteiger charge is -2.21. The van der Waals surface area contributed by atoms with Gasteiger partial charge < -0.3 is 13.8 Å². The summed E-state index contributed by atoms with van der Waals surface area (Å²) in [5.41, 5.74) is -1.05.